The molecule has 3 heteroatoms. The van der Waals surface area contributed by atoms with Crippen molar-refractivity contribution in [2.45, 2.75) is 40.0 Å². The minimum Gasteiger partial charge on any atom is -0.341 e. The van der Waals surface area contributed by atoms with Gasteiger partial charge in [0.2, 0.25) is 5.91 Å². The smallest absolute Gasteiger partial charge is 0.243 e. The van der Waals surface area contributed by atoms with Gasteiger partial charge in [-0.05, 0) is 30.6 Å². The summed E-state index contributed by atoms with van der Waals surface area (Å²) >= 11 is 0. The van der Waals surface area contributed by atoms with Gasteiger partial charge in [0.15, 0.2) is 0 Å². The number of nitrogens with zero attached hydrogens (tertiary/aromatic N) is 2. The highest BCUT2D eigenvalue weighted by Crippen LogP contribution is 2.47. The first-order chi connectivity index (χ1) is 7.38. The lowest BCUT2D eigenvalue weighted by Crippen LogP contribution is -2.49. The molecule has 1 aliphatic heterocycles. The number of carbonyl (C=O) groups is 1. The summed E-state index contributed by atoms with van der Waals surface area (Å²) in [6.45, 7) is 8.11. The number of hydrogen-bond acceptors (Lipinski definition) is 2. The molecule has 0 radical (unpaired) electrons. The molecule has 16 heavy (non-hydrogen) atoms. The van der Waals surface area contributed by atoms with E-state index >= 15 is 0 Å². The van der Waals surface area contributed by atoms with Crippen LogP contribution in [-0.2, 0) is 4.79 Å². The highest BCUT2D eigenvalue weighted by atomic mass is 16.2. The molecule has 0 bridgehead atoms. The first-order valence-electron chi connectivity index (χ1n) is 6.09. The Bertz CT molecular complexity index is 347. The highest BCUT2D eigenvalue weighted by molar-refractivity contribution is 5.86. The predicted molar refractivity (Wildman–Crippen MR) is 61.4 cm³/mol. The second-order valence-electron chi connectivity index (χ2n) is 6.35. The topological polar surface area (TPSA) is 44.1 Å². The largest absolute Gasteiger partial charge is 0.341 e. The SMILES string of the molecule is CC1CC(C#N)(C(=O)N2CCC(C)(C)C2)C1. The van der Waals surface area contributed by atoms with E-state index in [2.05, 4.69) is 26.8 Å². The van der Waals surface area contributed by atoms with Crippen molar-refractivity contribution >= 4 is 5.91 Å². The third-order valence-electron chi connectivity index (χ3n) is 3.98. The summed E-state index contributed by atoms with van der Waals surface area (Å²) in [6, 6.07) is 2.26. The Balaban J connectivity index is 2.07. The van der Waals surface area contributed by atoms with Gasteiger partial charge in [-0.1, -0.05) is 20.8 Å². The summed E-state index contributed by atoms with van der Waals surface area (Å²) in [7, 11) is 0. The maximum absolute atomic E-state index is 12.3. The first kappa shape index (κ1) is 11.4. The van der Waals surface area contributed by atoms with Gasteiger partial charge in [-0.2, -0.15) is 5.26 Å². The van der Waals surface area contributed by atoms with Gasteiger partial charge in [-0.3, -0.25) is 4.79 Å². The summed E-state index contributed by atoms with van der Waals surface area (Å²) in [5.74, 6) is 0.609. The molecule has 88 valence electrons. The Labute approximate surface area is 97.4 Å². The fourth-order valence-corrected chi connectivity index (χ4v) is 3.03. The van der Waals surface area contributed by atoms with Crippen molar-refractivity contribution in [3.63, 3.8) is 0 Å². The Morgan fingerprint density at radius 2 is 2.06 bits per heavy atom. The van der Waals surface area contributed by atoms with Crippen LogP contribution in [0.5, 0.6) is 0 Å². The zero-order valence-corrected chi connectivity index (χ0v) is 10.4. The molecule has 1 amide bonds. The van der Waals surface area contributed by atoms with Gasteiger partial charge in [0.1, 0.15) is 5.41 Å². The summed E-state index contributed by atoms with van der Waals surface area (Å²) < 4.78 is 0. The van der Waals surface area contributed by atoms with E-state index in [9.17, 15) is 10.1 Å². The van der Waals surface area contributed by atoms with E-state index in [-0.39, 0.29) is 11.3 Å². The van der Waals surface area contributed by atoms with Crippen molar-refractivity contribution in [1.82, 2.24) is 4.90 Å². The molecule has 0 spiro atoms. The summed E-state index contributed by atoms with van der Waals surface area (Å²) in [6.07, 6.45) is 2.55. The highest BCUT2D eigenvalue weighted by Gasteiger charge is 2.52. The molecule has 0 aromatic heterocycles. The fraction of sp³-hybridized carbons (Fsp3) is 0.846. The molecule has 2 rings (SSSR count). The zero-order chi connectivity index (χ0) is 12.0. The van der Waals surface area contributed by atoms with Crippen LogP contribution >= 0.6 is 0 Å². The molecule has 1 heterocycles. The van der Waals surface area contributed by atoms with E-state index in [1.54, 1.807) is 0 Å². The van der Waals surface area contributed by atoms with Crippen molar-refractivity contribution in [2.75, 3.05) is 13.1 Å². The Morgan fingerprint density at radius 3 is 2.44 bits per heavy atom. The van der Waals surface area contributed by atoms with Crippen molar-refractivity contribution in [3.05, 3.63) is 0 Å². The minimum atomic E-state index is -0.681. The van der Waals surface area contributed by atoms with Crippen LogP contribution in [0.1, 0.15) is 40.0 Å². The molecule has 0 atom stereocenters. The van der Waals surface area contributed by atoms with E-state index in [0.29, 0.717) is 5.92 Å². The van der Waals surface area contributed by atoms with Gasteiger partial charge in [0.05, 0.1) is 6.07 Å². The predicted octanol–water partition coefficient (Wildman–Crippen LogP) is 2.18. The second-order valence-corrected chi connectivity index (χ2v) is 6.35. The first-order valence-corrected chi connectivity index (χ1v) is 6.09. The minimum absolute atomic E-state index is 0.0821. The quantitative estimate of drug-likeness (QED) is 0.680. The van der Waals surface area contributed by atoms with E-state index in [0.717, 1.165) is 32.4 Å². The van der Waals surface area contributed by atoms with Gasteiger partial charge in [-0.25, -0.2) is 0 Å². The molecule has 1 saturated heterocycles. The number of hydrogen-bond donors (Lipinski definition) is 0. The monoisotopic (exact) mass is 220 g/mol. The Morgan fingerprint density at radius 1 is 1.44 bits per heavy atom. The standard InChI is InChI=1S/C13H20N2O/c1-10-6-13(7-10,8-14)11(16)15-5-4-12(2,3)9-15/h10H,4-7,9H2,1-3H3. The van der Waals surface area contributed by atoms with Crippen LogP contribution in [0.25, 0.3) is 0 Å². The molecule has 1 aliphatic carbocycles. The lowest BCUT2D eigenvalue weighted by Gasteiger charge is -2.41. The lowest BCUT2D eigenvalue weighted by atomic mass is 9.63. The number of likely N-dealkylation sites (tertiary alicyclic amines) is 1. The van der Waals surface area contributed by atoms with Crippen LogP contribution in [0.4, 0.5) is 0 Å². The number of carbonyl (C=O) groups excluding carboxylic acids is 1. The normalized spacial score (nSPS) is 36.6. The van der Waals surface area contributed by atoms with Gasteiger partial charge in [0, 0.05) is 13.1 Å². The van der Waals surface area contributed by atoms with Crippen LogP contribution in [-0.4, -0.2) is 23.9 Å². The third kappa shape index (κ3) is 1.71. The molecule has 0 N–H and O–H groups in total. The molecule has 2 aliphatic rings. The van der Waals surface area contributed by atoms with Crippen molar-refractivity contribution < 1.29 is 4.79 Å². The van der Waals surface area contributed by atoms with Crippen molar-refractivity contribution in [3.8, 4) is 6.07 Å². The summed E-state index contributed by atoms with van der Waals surface area (Å²) in [4.78, 5) is 14.2. The number of rotatable bonds is 1. The Kier molecular flexibility index (Phi) is 2.49. The molecule has 2 fully saturated rings. The van der Waals surface area contributed by atoms with E-state index < -0.39 is 5.41 Å². The van der Waals surface area contributed by atoms with Crippen molar-refractivity contribution in [1.29, 1.82) is 5.26 Å². The fourth-order valence-electron chi connectivity index (χ4n) is 3.03. The van der Waals surface area contributed by atoms with Crippen LogP contribution in [0.15, 0.2) is 0 Å². The lowest BCUT2D eigenvalue weighted by molar-refractivity contribution is -0.144. The maximum Gasteiger partial charge on any atom is 0.243 e. The van der Waals surface area contributed by atoms with Gasteiger partial charge in [0.25, 0.3) is 0 Å². The van der Waals surface area contributed by atoms with Gasteiger partial charge >= 0.3 is 0 Å². The van der Waals surface area contributed by atoms with Crippen LogP contribution in [0.2, 0.25) is 0 Å². The van der Waals surface area contributed by atoms with E-state index in [4.69, 9.17) is 0 Å². The van der Waals surface area contributed by atoms with Gasteiger partial charge < -0.3 is 4.90 Å². The zero-order valence-electron chi connectivity index (χ0n) is 10.4. The molecule has 3 nitrogen and oxygen atoms in total. The molecule has 0 aromatic carbocycles. The van der Waals surface area contributed by atoms with Crippen molar-refractivity contribution in [2.24, 2.45) is 16.7 Å². The Hall–Kier alpha value is -1.04. The third-order valence-corrected chi connectivity index (χ3v) is 3.98. The summed E-state index contributed by atoms with van der Waals surface area (Å²) in [5.41, 5.74) is -0.457. The van der Waals surface area contributed by atoms with Crippen LogP contribution in [0.3, 0.4) is 0 Å². The van der Waals surface area contributed by atoms with Crippen LogP contribution in [0, 0.1) is 28.1 Å². The second kappa shape index (κ2) is 3.48. The van der Waals surface area contributed by atoms with Crippen LogP contribution < -0.4 is 0 Å². The molecule has 0 unspecified atom stereocenters. The molecule has 0 aromatic rings. The number of nitriles is 1. The number of amides is 1. The van der Waals surface area contributed by atoms with Gasteiger partial charge in [-0.15, -0.1) is 0 Å². The maximum atomic E-state index is 12.3. The van der Waals surface area contributed by atoms with E-state index in [1.807, 2.05) is 4.90 Å². The van der Waals surface area contributed by atoms with E-state index in [1.165, 1.54) is 0 Å². The average molecular weight is 220 g/mol. The molecular weight excluding hydrogens is 200 g/mol. The average Bonchev–Trinajstić information content (AvgIpc) is 2.52. The molecule has 1 saturated carbocycles. The molecular formula is C13H20N2O. The summed E-state index contributed by atoms with van der Waals surface area (Å²) in [5, 5.41) is 9.22.